The Kier molecular flexibility index (Phi) is 11.6. The highest BCUT2D eigenvalue weighted by molar-refractivity contribution is 5.88. The molecule has 1 aromatic heterocycles. The number of aliphatic carboxylic acids is 3. The lowest BCUT2D eigenvalue weighted by Gasteiger charge is -2.26. The smallest absolute Gasteiger partial charge is 0.336 e. The van der Waals surface area contributed by atoms with Crippen LogP contribution in [-0.4, -0.2) is 82.3 Å². The topological polar surface area (TPSA) is 193 Å². The fraction of sp³-hybridized carbons (Fsp3) is 0.400. The van der Waals surface area contributed by atoms with E-state index in [1.54, 1.807) is 26.5 Å². The van der Waals surface area contributed by atoms with E-state index in [0.29, 0.717) is 29.6 Å². The molecule has 43 heavy (non-hydrogen) atoms. The Morgan fingerprint density at radius 3 is 2.23 bits per heavy atom. The highest BCUT2D eigenvalue weighted by Crippen LogP contribution is 2.27. The molecule has 1 fully saturated rings. The second-order valence-electron chi connectivity index (χ2n) is 10.0. The Hall–Kier alpha value is -4.46. The molecule has 2 heterocycles. The SMILES string of the molecule is COc1ccc(OC)c(CN(Cc2coc3ccccc3c2=O)CC2CCCO2)c1.O=C(O)CC(O)(CC(=O)O)C(=O)O. The largest absolute Gasteiger partial charge is 0.497 e. The van der Waals surface area contributed by atoms with Crippen LogP contribution in [-0.2, 0) is 32.2 Å². The minimum Gasteiger partial charge on any atom is -0.497 e. The van der Waals surface area contributed by atoms with Gasteiger partial charge in [0.25, 0.3) is 0 Å². The van der Waals surface area contributed by atoms with Crippen molar-refractivity contribution in [1.82, 2.24) is 4.90 Å². The van der Waals surface area contributed by atoms with E-state index in [2.05, 4.69) is 4.90 Å². The molecule has 0 saturated carbocycles. The summed E-state index contributed by atoms with van der Waals surface area (Å²) in [5.74, 6) is -3.46. The molecule has 1 aliphatic heterocycles. The third kappa shape index (κ3) is 9.26. The summed E-state index contributed by atoms with van der Waals surface area (Å²) in [7, 11) is 3.31. The second-order valence-corrected chi connectivity index (χ2v) is 10.0. The maximum absolute atomic E-state index is 13.0. The van der Waals surface area contributed by atoms with Crippen molar-refractivity contribution in [1.29, 1.82) is 0 Å². The second kappa shape index (κ2) is 15.1. The standard InChI is InChI=1S/C24H27NO5.C6H8O7/c1-27-19-9-10-22(28-2)17(12-19)13-25(15-20-6-5-11-29-20)14-18-16-30-23-8-4-3-7-21(23)24(18)26;7-3(8)1-6(13,5(11)12)2-4(9)10/h3-4,7-10,12,16,20H,5-6,11,13-15H2,1-2H3;13H,1-2H2,(H,7,8)(H,9,10)(H,11,12). The zero-order valence-electron chi connectivity index (χ0n) is 23.9. The molecular formula is C30H35NO12. The molecule has 232 valence electrons. The van der Waals surface area contributed by atoms with Crippen LogP contribution in [0.4, 0.5) is 0 Å². The van der Waals surface area contributed by atoms with E-state index in [1.165, 1.54) is 0 Å². The van der Waals surface area contributed by atoms with Crippen molar-refractivity contribution in [2.75, 3.05) is 27.4 Å². The van der Waals surface area contributed by atoms with Crippen LogP contribution < -0.4 is 14.9 Å². The maximum atomic E-state index is 13.0. The van der Waals surface area contributed by atoms with Crippen LogP contribution in [0.2, 0.25) is 0 Å². The number of hydrogen-bond donors (Lipinski definition) is 4. The lowest BCUT2D eigenvalue weighted by molar-refractivity contribution is -0.170. The van der Waals surface area contributed by atoms with Gasteiger partial charge in [0, 0.05) is 37.4 Å². The molecule has 13 heteroatoms. The van der Waals surface area contributed by atoms with Gasteiger partial charge in [0.05, 0.1) is 44.8 Å². The summed E-state index contributed by atoms with van der Waals surface area (Å²) in [5.41, 5.74) is -0.496. The number of rotatable bonds is 13. The molecule has 1 atom stereocenters. The molecule has 1 unspecified atom stereocenters. The molecule has 0 amide bonds. The molecule has 0 radical (unpaired) electrons. The summed E-state index contributed by atoms with van der Waals surface area (Å²) in [5, 5.41) is 34.4. The van der Waals surface area contributed by atoms with Crippen molar-refractivity contribution in [3.63, 3.8) is 0 Å². The van der Waals surface area contributed by atoms with Crippen molar-refractivity contribution in [3.05, 3.63) is 70.1 Å². The molecule has 13 nitrogen and oxygen atoms in total. The highest BCUT2D eigenvalue weighted by Gasteiger charge is 2.40. The molecule has 4 N–H and O–H groups in total. The van der Waals surface area contributed by atoms with Gasteiger partial charge in [0.1, 0.15) is 17.1 Å². The molecule has 1 aliphatic rings. The molecular weight excluding hydrogens is 566 g/mol. The Balaban J connectivity index is 0.000000331. The predicted molar refractivity (Wildman–Crippen MR) is 152 cm³/mol. The normalized spacial score (nSPS) is 14.7. The number of fused-ring (bicyclic) bond motifs is 1. The van der Waals surface area contributed by atoms with Crippen molar-refractivity contribution in [2.24, 2.45) is 0 Å². The van der Waals surface area contributed by atoms with Crippen molar-refractivity contribution in [3.8, 4) is 11.5 Å². The first-order valence-corrected chi connectivity index (χ1v) is 13.4. The Bertz CT molecular complexity index is 1460. The van der Waals surface area contributed by atoms with Crippen LogP contribution in [0, 0.1) is 0 Å². The van der Waals surface area contributed by atoms with Crippen molar-refractivity contribution < 1.29 is 53.4 Å². The molecule has 0 spiro atoms. The average molecular weight is 602 g/mol. The van der Waals surface area contributed by atoms with E-state index < -0.39 is 36.4 Å². The summed E-state index contributed by atoms with van der Waals surface area (Å²) in [6.07, 6.45) is 1.55. The molecule has 0 aliphatic carbocycles. The summed E-state index contributed by atoms with van der Waals surface area (Å²) in [6, 6.07) is 13.1. The van der Waals surface area contributed by atoms with Crippen LogP contribution in [0.1, 0.15) is 36.8 Å². The van der Waals surface area contributed by atoms with Crippen molar-refractivity contribution in [2.45, 2.75) is 50.5 Å². The van der Waals surface area contributed by atoms with E-state index in [-0.39, 0.29) is 11.5 Å². The number of nitrogens with zero attached hydrogens (tertiary/aromatic N) is 1. The van der Waals surface area contributed by atoms with Gasteiger partial charge in [-0.1, -0.05) is 12.1 Å². The van der Waals surface area contributed by atoms with Crippen LogP contribution in [0.15, 0.2) is 57.9 Å². The number of carboxylic acids is 3. The third-order valence-electron chi connectivity index (χ3n) is 6.80. The lowest BCUT2D eigenvalue weighted by atomic mass is 9.96. The zero-order valence-corrected chi connectivity index (χ0v) is 23.9. The summed E-state index contributed by atoms with van der Waals surface area (Å²) in [6.45, 7) is 2.59. The predicted octanol–water partition coefficient (Wildman–Crippen LogP) is 2.74. The maximum Gasteiger partial charge on any atom is 0.336 e. The van der Waals surface area contributed by atoms with E-state index in [4.69, 9.17) is 39.1 Å². The van der Waals surface area contributed by atoms with E-state index in [0.717, 1.165) is 43.1 Å². The van der Waals surface area contributed by atoms with Gasteiger partial charge in [0.15, 0.2) is 11.0 Å². The minimum absolute atomic E-state index is 0.00629. The van der Waals surface area contributed by atoms with Gasteiger partial charge in [0.2, 0.25) is 0 Å². The quantitative estimate of drug-likeness (QED) is 0.224. The number of ether oxygens (including phenoxy) is 3. The fourth-order valence-corrected chi connectivity index (χ4v) is 4.69. The summed E-state index contributed by atoms with van der Waals surface area (Å²) >= 11 is 0. The van der Waals surface area contributed by atoms with Gasteiger partial charge in [-0.2, -0.15) is 0 Å². The van der Waals surface area contributed by atoms with E-state index in [1.807, 2.05) is 36.4 Å². The van der Waals surface area contributed by atoms with Gasteiger partial charge in [-0.05, 0) is 43.2 Å². The van der Waals surface area contributed by atoms with E-state index >= 15 is 0 Å². The first-order valence-electron chi connectivity index (χ1n) is 13.4. The molecule has 2 aromatic carbocycles. The van der Waals surface area contributed by atoms with Gasteiger partial charge in [-0.3, -0.25) is 19.3 Å². The van der Waals surface area contributed by atoms with Gasteiger partial charge in [-0.15, -0.1) is 0 Å². The Morgan fingerprint density at radius 2 is 1.65 bits per heavy atom. The zero-order chi connectivity index (χ0) is 31.6. The monoisotopic (exact) mass is 601 g/mol. The van der Waals surface area contributed by atoms with Gasteiger partial charge >= 0.3 is 17.9 Å². The fourth-order valence-electron chi connectivity index (χ4n) is 4.69. The number of carboxylic acid groups (broad SMARTS) is 3. The van der Waals surface area contributed by atoms with Crippen LogP contribution in [0.25, 0.3) is 11.0 Å². The number of carbonyl (C=O) groups is 3. The number of benzene rings is 2. The summed E-state index contributed by atoms with van der Waals surface area (Å²) < 4.78 is 22.5. The molecule has 4 rings (SSSR count). The first-order chi connectivity index (χ1) is 20.4. The third-order valence-corrected chi connectivity index (χ3v) is 6.80. The Morgan fingerprint density at radius 1 is 0.977 bits per heavy atom. The number of aliphatic hydroxyl groups is 1. The molecule has 3 aromatic rings. The first kappa shape index (κ1) is 33.0. The van der Waals surface area contributed by atoms with Gasteiger partial charge in [-0.25, -0.2) is 4.79 Å². The number of hydrogen-bond acceptors (Lipinski definition) is 10. The van der Waals surface area contributed by atoms with E-state index in [9.17, 15) is 19.2 Å². The number of methoxy groups -OCH3 is 2. The van der Waals surface area contributed by atoms with Crippen molar-refractivity contribution >= 4 is 28.9 Å². The van der Waals surface area contributed by atoms with Crippen LogP contribution in [0.5, 0.6) is 11.5 Å². The Labute approximate surface area is 246 Å². The average Bonchev–Trinajstić information content (AvgIpc) is 3.47. The van der Waals surface area contributed by atoms with Crippen LogP contribution in [0.3, 0.4) is 0 Å². The lowest BCUT2D eigenvalue weighted by Crippen LogP contribution is -2.42. The van der Waals surface area contributed by atoms with Crippen LogP contribution >= 0.6 is 0 Å². The number of para-hydroxylation sites is 1. The minimum atomic E-state index is -2.74. The highest BCUT2D eigenvalue weighted by atomic mass is 16.5. The molecule has 1 saturated heterocycles. The summed E-state index contributed by atoms with van der Waals surface area (Å²) in [4.78, 5) is 45.7. The van der Waals surface area contributed by atoms with Gasteiger partial charge < -0.3 is 39.1 Å². The molecule has 0 bridgehead atoms.